The molecule has 0 aromatic carbocycles. The second kappa shape index (κ2) is 27.1. The zero-order valence-electron chi connectivity index (χ0n) is 26.7. The van der Waals surface area contributed by atoms with Gasteiger partial charge in [0.25, 0.3) is 0 Å². The summed E-state index contributed by atoms with van der Waals surface area (Å²) in [7, 11) is 0. The maximum Gasteiger partial charge on any atom is -0.00773 e. The van der Waals surface area contributed by atoms with E-state index in [4.69, 9.17) is 11.5 Å². The third kappa shape index (κ3) is 18.3. The van der Waals surface area contributed by atoms with E-state index in [0.29, 0.717) is 0 Å². The molecule has 1 saturated carbocycles. The van der Waals surface area contributed by atoms with Gasteiger partial charge in [-0.2, -0.15) is 0 Å². The lowest BCUT2D eigenvalue weighted by atomic mass is 9.61. The zero-order chi connectivity index (χ0) is 27.5. The van der Waals surface area contributed by atoms with Crippen molar-refractivity contribution in [3.05, 3.63) is 0 Å². The SMILES string of the molecule is CCCCCCCCC1CCC(CCCCCCCCN)C(CCCCCCCCN)C1CCCCCC. The van der Waals surface area contributed by atoms with E-state index in [0.717, 1.165) is 36.8 Å². The van der Waals surface area contributed by atoms with Gasteiger partial charge >= 0.3 is 0 Å². The summed E-state index contributed by atoms with van der Waals surface area (Å²) in [5.74, 6) is 4.11. The third-order valence-corrected chi connectivity index (χ3v) is 10.0. The molecule has 0 heterocycles. The van der Waals surface area contributed by atoms with Crippen LogP contribution in [-0.2, 0) is 0 Å². The van der Waals surface area contributed by atoms with Crippen LogP contribution in [0.4, 0.5) is 0 Å². The van der Waals surface area contributed by atoms with E-state index < -0.39 is 0 Å². The summed E-state index contributed by atoms with van der Waals surface area (Å²) in [4.78, 5) is 0. The maximum atomic E-state index is 5.71. The molecule has 4 N–H and O–H groups in total. The third-order valence-electron chi connectivity index (χ3n) is 10.0. The molecule has 0 aromatic rings. The molecule has 0 radical (unpaired) electrons. The molecule has 2 heteroatoms. The highest BCUT2D eigenvalue weighted by Gasteiger charge is 2.37. The van der Waals surface area contributed by atoms with Gasteiger partial charge in [0.05, 0.1) is 0 Å². The van der Waals surface area contributed by atoms with E-state index in [1.807, 2.05) is 0 Å². The van der Waals surface area contributed by atoms with Crippen molar-refractivity contribution in [1.82, 2.24) is 0 Å². The Hall–Kier alpha value is -0.0800. The van der Waals surface area contributed by atoms with Crippen molar-refractivity contribution in [2.75, 3.05) is 13.1 Å². The van der Waals surface area contributed by atoms with Crippen molar-refractivity contribution in [2.45, 2.75) is 194 Å². The summed E-state index contributed by atoms with van der Waals surface area (Å²) < 4.78 is 0. The highest BCUT2D eigenvalue weighted by molar-refractivity contribution is 4.88. The van der Waals surface area contributed by atoms with E-state index in [9.17, 15) is 0 Å². The van der Waals surface area contributed by atoms with Crippen LogP contribution in [0.1, 0.15) is 194 Å². The van der Waals surface area contributed by atoms with Gasteiger partial charge in [0.2, 0.25) is 0 Å². The quantitative estimate of drug-likeness (QED) is 0.0980. The van der Waals surface area contributed by atoms with Gasteiger partial charge in [-0.15, -0.1) is 0 Å². The minimum absolute atomic E-state index is 0.871. The first-order chi connectivity index (χ1) is 18.8. The fraction of sp³-hybridized carbons (Fsp3) is 1.00. The van der Waals surface area contributed by atoms with Gasteiger partial charge in [0, 0.05) is 0 Å². The number of nitrogens with two attached hydrogens (primary N) is 2. The number of unbranched alkanes of at least 4 members (excludes halogenated alkanes) is 18. The molecule has 0 spiro atoms. The first-order valence-corrected chi connectivity index (χ1v) is 18.2. The molecular weight excluding hydrogens is 460 g/mol. The zero-order valence-corrected chi connectivity index (χ0v) is 26.7. The van der Waals surface area contributed by atoms with Gasteiger partial charge in [-0.05, 0) is 75.3 Å². The van der Waals surface area contributed by atoms with Crippen LogP contribution in [0, 0.1) is 23.7 Å². The number of rotatable bonds is 28. The summed E-state index contributed by atoms with van der Waals surface area (Å²) in [6.45, 7) is 6.45. The van der Waals surface area contributed by atoms with Gasteiger partial charge < -0.3 is 11.5 Å². The molecular formula is C36H74N2. The largest absolute Gasteiger partial charge is 0.330 e. The average Bonchev–Trinajstić information content (AvgIpc) is 2.93. The van der Waals surface area contributed by atoms with Crippen LogP contribution in [-0.4, -0.2) is 13.1 Å². The monoisotopic (exact) mass is 535 g/mol. The fourth-order valence-corrected chi connectivity index (χ4v) is 7.65. The van der Waals surface area contributed by atoms with Gasteiger partial charge in [-0.25, -0.2) is 0 Å². The van der Waals surface area contributed by atoms with Crippen molar-refractivity contribution < 1.29 is 0 Å². The summed E-state index contributed by atoms with van der Waals surface area (Å²) in [5, 5.41) is 0. The molecule has 0 aromatic heterocycles. The molecule has 1 aliphatic rings. The standard InChI is InChI=1S/C36H74N2/c1-3-5-7-9-14-19-25-33-29-30-34(26-20-15-10-12-17-23-31-37)36(35(33)27-21-8-6-4-2)28-22-16-11-13-18-24-32-38/h33-36H,3-32,37-38H2,1-2H3. The Bertz CT molecular complexity index is 464. The van der Waals surface area contributed by atoms with Gasteiger partial charge in [-0.1, -0.05) is 155 Å². The molecule has 228 valence electrons. The Morgan fingerprint density at radius 1 is 0.368 bits per heavy atom. The van der Waals surface area contributed by atoms with Crippen LogP contribution in [0.2, 0.25) is 0 Å². The number of hydrogen-bond acceptors (Lipinski definition) is 2. The maximum absolute atomic E-state index is 5.71. The lowest BCUT2D eigenvalue weighted by Gasteiger charge is -2.44. The average molecular weight is 535 g/mol. The van der Waals surface area contributed by atoms with E-state index >= 15 is 0 Å². The minimum atomic E-state index is 0.871. The first kappa shape index (κ1) is 35.9. The lowest BCUT2D eigenvalue weighted by Crippen LogP contribution is -2.35. The first-order valence-electron chi connectivity index (χ1n) is 18.2. The van der Waals surface area contributed by atoms with Crippen LogP contribution < -0.4 is 11.5 Å². The van der Waals surface area contributed by atoms with Gasteiger partial charge in [-0.3, -0.25) is 0 Å². The van der Waals surface area contributed by atoms with Crippen LogP contribution in [0.3, 0.4) is 0 Å². The predicted molar refractivity (Wildman–Crippen MR) is 173 cm³/mol. The van der Waals surface area contributed by atoms with Gasteiger partial charge in [0.1, 0.15) is 0 Å². The molecule has 4 unspecified atom stereocenters. The van der Waals surface area contributed by atoms with Crippen molar-refractivity contribution in [1.29, 1.82) is 0 Å². The number of hydrogen-bond donors (Lipinski definition) is 2. The smallest absolute Gasteiger partial charge is 0.00773 e. The Labute approximate surface area is 241 Å². The topological polar surface area (TPSA) is 52.0 Å². The van der Waals surface area contributed by atoms with Crippen LogP contribution >= 0.6 is 0 Å². The molecule has 0 saturated heterocycles. The van der Waals surface area contributed by atoms with Gasteiger partial charge in [0.15, 0.2) is 0 Å². The van der Waals surface area contributed by atoms with E-state index in [1.165, 1.54) is 167 Å². The van der Waals surface area contributed by atoms with Crippen molar-refractivity contribution >= 4 is 0 Å². The Balaban J connectivity index is 2.68. The second-order valence-corrected chi connectivity index (χ2v) is 13.2. The summed E-state index contributed by atoms with van der Waals surface area (Å²) in [5.41, 5.74) is 11.4. The summed E-state index contributed by atoms with van der Waals surface area (Å²) in [6, 6.07) is 0. The van der Waals surface area contributed by atoms with Crippen LogP contribution in [0.15, 0.2) is 0 Å². The van der Waals surface area contributed by atoms with E-state index in [2.05, 4.69) is 13.8 Å². The van der Waals surface area contributed by atoms with Crippen LogP contribution in [0.5, 0.6) is 0 Å². The van der Waals surface area contributed by atoms with E-state index in [-0.39, 0.29) is 0 Å². The predicted octanol–water partition coefficient (Wildman–Crippen LogP) is 11.3. The Morgan fingerprint density at radius 2 is 0.658 bits per heavy atom. The minimum Gasteiger partial charge on any atom is -0.330 e. The molecule has 2 nitrogen and oxygen atoms in total. The highest BCUT2D eigenvalue weighted by atomic mass is 14.5. The van der Waals surface area contributed by atoms with E-state index in [1.54, 1.807) is 12.8 Å². The molecule has 1 fully saturated rings. The Morgan fingerprint density at radius 3 is 1.03 bits per heavy atom. The second-order valence-electron chi connectivity index (χ2n) is 13.2. The summed E-state index contributed by atoms with van der Waals surface area (Å²) in [6.07, 6.45) is 40.4. The Kier molecular flexibility index (Phi) is 25.6. The molecule has 1 rings (SSSR count). The molecule has 4 atom stereocenters. The normalized spacial score (nSPS) is 21.8. The highest BCUT2D eigenvalue weighted by Crippen LogP contribution is 2.47. The fourth-order valence-electron chi connectivity index (χ4n) is 7.65. The lowest BCUT2D eigenvalue weighted by molar-refractivity contribution is 0.0581. The molecule has 0 amide bonds. The van der Waals surface area contributed by atoms with Crippen molar-refractivity contribution in [2.24, 2.45) is 35.1 Å². The van der Waals surface area contributed by atoms with Crippen molar-refractivity contribution in [3.8, 4) is 0 Å². The summed E-state index contributed by atoms with van der Waals surface area (Å²) >= 11 is 0. The molecule has 38 heavy (non-hydrogen) atoms. The molecule has 0 aliphatic heterocycles. The molecule has 0 bridgehead atoms. The van der Waals surface area contributed by atoms with Crippen LogP contribution in [0.25, 0.3) is 0 Å². The van der Waals surface area contributed by atoms with Crippen molar-refractivity contribution in [3.63, 3.8) is 0 Å². The molecule has 1 aliphatic carbocycles.